The maximum absolute atomic E-state index is 3.63. The highest BCUT2D eigenvalue weighted by molar-refractivity contribution is 7.99. The molecular formula is C10H21NS2. The van der Waals surface area contributed by atoms with Crippen LogP contribution in [0.1, 0.15) is 19.8 Å². The van der Waals surface area contributed by atoms with Crippen LogP contribution in [0.25, 0.3) is 0 Å². The first-order chi connectivity index (χ1) is 6.33. The van der Waals surface area contributed by atoms with Gasteiger partial charge in [0.25, 0.3) is 0 Å². The van der Waals surface area contributed by atoms with Gasteiger partial charge in [0.1, 0.15) is 0 Å². The Morgan fingerprint density at radius 2 is 2.46 bits per heavy atom. The Hall–Kier alpha value is 0.660. The zero-order valence-electron chi connectivity index (χ0n) is 8.71. The summed E-state index contributed by atoms with van der Waals surface area (Å²) in [6.07, 6.45) is 4.91. The molecule has 78 valence electrons. The van der Waals surface area contributed by atoms with E-state index in [9.17, 15) is 0 Å². The lowest BCUT2D eigenvalue weighted by molar-refractivity contribution is 0.462. The van der Waals surface area contributed by atoms with Crippen LogP contribution in [-0.4, -0.2) is 36.1 Å². The minimum Gasteiger partial charge on any atom is -0.314 e. The van der Waals surface area contributed by atoms with E-state index in [1.807, 2.05) is 11.8 Å². The number of hydrogen-bond acceptors (Lipinski definition) is 3. The number of hydrogen-bond donors (Lipinski definition) is 1. The fourth-order valence-corrected chi connectivity index (χ4v) is 3.38. The van der Waals surface area contributed by atoms with Crippen molar-refractivity contribution >= 4 is 23.5 Å². The summed E-state index contributed by atoms with van der Waals surface area (Å²) in [6, 6.07) is 0.707. The Morgan fingerprint density at radius 1 is 1.62 bits per heavy atom. The fraction of sp³-hybridized carbons (Fsp3) is 1.00. The molecule has 1 rings (SSSR count). The van der Waals surface area contributed by atoms with Crippen molar-refractivity contribution in [1.82, 2.24) is 5.32 Å². The quantitative estimate of drug-likeness (QED) is 0.737. The van der Waals surface area contributed by atoms with Crippen LogP contribution in [0.3, 0.4) is 0 Å². The molecule has 0 radical (unpaired) electrons. The molecule has 0 aromatic heterocycles. The topological polar surface area (TPSA) is 12.0 Å². The van der Waals surface area contributed by atoms with Crippen molar-refractivity contribution in [2.45, 2.75) is 25.8 Å². The molecule has 1 heterocycles. The highest BCUT2D eigenvalue weighted by Gasteiger charge is 2.15. The lowest BCUT2D eigenvalue weighted by atomic mass is 10.1. The van der Waals surface area contributed by atoms with E-state index >= 15 is 0 Å². The van der Waals surface area contributed by atoms with E-state index in [1.165, 1.54) is 36.6 Å². The van der Waals surface area contributed by atoms with E-state index < -0.39 is 0 Å². The van der Waals surface area contributed by atoms with Crippen molar-refractivity contribution in [3.8, 4) is 0 Å². The van der Waals surface area contributed by atoms with Gasteiger partial charge in [0.2, 0.25) is 0 Å². The van der Waals surface area contributed by atoms with Gasteiger partial charge in [0.05, 0.1) is 0 Å². The third-order valence-corrected chi connectivity index (χ3v) is 4.41. The zero-order valence-corrected chi connectivity index (χ0v) is 10.3. The summed E-state index contributed by atoms with van der Waals surface area (Å²) in [7, 11) is 0. The van der Waals surface area contributed by atoms with Crippen molar-refractivity contribution in [1.29, 1.82) is 0 Å². The smallest absolute Gasteiger partial charge is 0.00467 e. The van der Waals surface area contributed by atoms with Gasteiger partial charge < -0.3 is 5.32 Å². The summed E-state index contributed by atoms with van der Waals surface area (Å²) in [5.74, 6) is 4.99. The first kappa shape index (κ1) is 11.7. The summed E-state index contributed by atoms with van der Waals surface area (Å²) in [5.41, 5.74) is 0. The molecule has 0 aromatic carbocycles. The van der Waals surface area contributed by atoms with Gasteiger partial charge in [-0.3, -0.25) is 0 Å². The second kappa shape index (κ2) is 7.02. The minimum absolute atomic E-state index is 0.707. The highest BCUT2D eigenvalue weighted by atomic mass is 32.2. The molecular weight excluding hydrogens is 198 g/mol. The van der Waals surface area contributed by atoms with Crippen LogP contribution in [0.5, 0.6) is 0 Å². The van der Waals surface area contributed by atoms with Gasteiger partial charge in [-0.25, -0.2) is 0 Å². The minimum atomic E-state index is 0.707. The second-order valence-electron chi connectivity index (χ2n) is 3.82. The van der Waals surface area contributed by atoms with E-state index in [0.29, 0.717) is 6.04 Å². The van der Waals surface area contributed by atoms with Crippen LogP contribution < -0.4 is 5.32 Å². The van der Waals surface area contributed by atoms with Crippen LogP contribution in [0.4, 0.5) is 0 Å². The van der Waals surface area contributed by atoms with Crippen LogP contribution in [0.2, 0.25) is 0 Å². The Kier molecular flexibility index (Phi) is 6.33. The van der Waals surface area contributed by atoms with Crippen LogP contribution in [0.15, 0.2) is 0 Å². The second-order valence-corrected chi connectivity index (χ2v) is 5.96. The summed E-state index contributed by atoms with van der Waals surface area (Å²) in [5, 5.41) is 3.63. The predicted octanol–water partition coefficient (Wildman–Crippen LogP) is 2.47. The largest absolute Gasteiger partial charge is 0.314 e. The number of nitrogens with one attached hydrogen (secondary N) is 1. The van der Waals surface area contributed by atoms with Crippen molar-refractivity contribution in [3.05, 3.63) is 0 Å². The Morgan fingerprint density at radius 3 is 3.08 bits per heavy atom. The number of rotatable bonds is 6. The van der Waals surface area contributed by atoms with Crippen molar-refractivity contribution in [3.63, 3.8) is 0 Å². The van der Waals surface area contributed by atoms with Gasteiger partial charge in [0.15, 0.2) is 0 Å². The molecule has 0 aromatic rings. The van der Waals surface area contributed by atoms with Crippen molar-refractivity contribution in [2.75, 3.05) is 30.1 Å². The maximum Gasteiger partial charge on any atom is 0.00467 e. The summed E-state index contributed by atoms with van der Waals surface area (Å²) in [6.45, 7) is 3.54. The van der Waals surface area contributed by atoms with Gasteiger partial charge in [-0.2, -0.15) is 23.5 Å². The van der Waals surface area contributed by atoms with Gasteiger partial charge in [-0.1, -0.05) is 0 Å². The molecule has 3 heteroatoms. The standard InChI is InChI=1S/C10H21NS2/c1-9(3-5-12-2)11-7-10-4-6-13-8-10/h9-11H,3-8H2,1-2H3. The summed E-state index contributed by atoms with van der Waals surface area (Å²) >= 11 is 4.05. The van der Waals surface area contributed by atoms with E-state index in [1.54, 1.807) is 0 Å². The lowest BCUT2D eigenvalue weighted by Gasteiger charge is -2.16. The molecule has 1 aliphatic rings. The predicted molar refractivity (Wildman–Crippen MR) is 65.9 cm³/mol. The molecule has 1 fully saturated rings. The summed E-state index contributed by atoms with van der Waals surface area (Å²) in [4.78, 5) is 0. The summed E-state index contributed by atoms with van der Waals surface area (Å²) < 4.78 is 0. The molecule has 1 nitrogen and oxygen atoms in total. The van der Waals surface area contributed by atoms with Crippen LogP contribution >= 0.6 is 23.5 Å². The fourth-order valence-electron chi connectivity index (χ4n) is 1.51. The highest BCUT2D eigenvalue weighted by Crippen LogP contribution is 2.22. The molecule has 0 saturated carbocycles. The molecule has 1 saturated heterocycles. The SMILES string of the molecule is CSCCC(C)NCC1CCSC1. The Bertz CT molecular complexity index is 124. The van der Waals surface area contributed by atoms with Crippen molar-refractivity contribution in [2.24, 2.45) is 5.92 Å². The molecule has 2 atom stereocenters. The molecule has 2 unspecified atom stereocenters. The molecule has 0 aliphatic carbocycles. The normalized spacial score (nSPS) is 24.9. The molecule has 0 amide bonds. The molecule has 0 bridgehead atoms. The molecule has 1 aliphatic heterocycles. The zero-order chi connectivity index (χ0) is 9.52. The van der Waals surface area contributed by atoms with Gasteiger partial charge in [0, 0.05) is 6.04 Å². The van der Waals surface area contributed by atoms with Crippen molar-refractivity contribution < 1.29 is 0 Å². The third kappa shape index (κ3) is 5.18. The van der Waals surface area contributed by atoms with E-state index in [4.69, 9.17) is 0 Å². The first-order valence-corrected chi connectivity index (χ1v) is 7.68. The number of thioether (sulfide) groups is 2. The average molecular weight is 219 g/mol. The molecule has 1 N–H and O–H groups in total. The van der Waals surface area contributed by atoms with E-state index in [0.717, 1.165) is 5.92 Å². The van der Waals surface area contributed by atoms with Gasteiger partial charge >= 0.3 is 0 Å². The Labute approximate surface area is 90.8 Å². The average Bonchev–Trinajstić information content (AvgIpc) is 2.64. The molecule has 13 heavy (non-hydrogen) atoms. The van der Waals surface area contributed by atoms with Gasteiger partial charge in [-0.05, 0) is 55.7 Å². The third-order valence-electron chi connectivity index (χ3n) is 2.53. The van der Waals surface area contributed by atoms with Crippen LogP contribution in [-0.2, 0) is 0 Å². The van der Waals surface area contributed by atoms with E-state index in [-0.39, 0.29) is 0 Å². The first-order valence-electron chi connectivity index (χ1n) is 5.13. The maximum atomic E-state index is 3.63. The van der Waals surface area contributed by atoms with E-state index in [2.05, 4.69) is 30.3 Å². The van der Waals surface area contributed by atoms with Crippen LogP contribution in [0, 0.1) is 5.92 Å². The molecule has 0 spiro atoms. The monoisotopic (exact) mass is 219 g/mol. The van der Waals surface area contributed by atoms with Gasteiger partial charge in [-0.15, -0.1) is 0 Å². The Balaban J connectivity index is 1.97. The lowest BCUT2D eigenvalue weighted by Crippen LogP contribution is -2.31.